The zero-order chi connectivity index (χ0) is 41.7. The molecule has 0 spiro atoms. The number of carbonyl (C=O) groups is 3. The molecule has 2 aliphatic heterocycles. The van der Waals surface area contributed by atoms with Gasteiger partial charge in [-0.3, -0.25) is 0 Å². The van der Waals surface area contributed by atoms with E-state index in [0.717, 1.165) is 61.3 Å². The van der Waals surface area contributed by atoms with Crippen molar-refractivity contribution in [1.29, 1.82) is 0 Å². The number of alkyl halides is 9. The van der Waals surface area contributed by atoms with E-state index < -0.39 is 36.4 Å². The summed E-state index contributed by atoms with van der Waals surface area (Å²) >= 11 is 0. The van der Waals surface area contributed by atoms with E-state index in [4.69, 9.17) is 35.4 Å². The maximum Gasteiger partial charge on any atom is 0.490 e. The van der Waals surface area contributed by atoms with Crippen LogP contribution in [0.15, 0.2) is 48.6 Å². The van der Waals surface area contributed by atoms with Crippen LogP contribution in [-0.2, 0) is 20.9 Å². The quantitative estimate of drug-likeness (QED) is 0.173. The number of hydrogen-bond acceptors (Lipinski definition) is 8. The van der Waals surface area contributed by atoms with E-state index in [1.807, 2.05) is 12.1 Å². The van der Waals surface area contributed by atoms with Crippen molar-refractivity contribution in [1.82, 2.24) is 25.4 Å². The van der Waals surface area contributed by atoms with Gasteiger partial charge >= 0.3 is 36.4 Å². The number of benzene rings is 2. The zero-order valence-corrected chi connectivity index (χ0v) is 27.9. The molecule has 0 atom stereocenters. The predicted molar refractivity (Wildman–Crippen MR) is 172 cm³/mol. The monoisotopic (exact) mass is 804 g/mol. The topological polar surface area (TPSA) is 193 Å². The first-order valence-electron chi connectivity index (χ1n) is 15.4. The highest BCUT2D eigenvalue weighted by molar-refractivity contribution is 5.74. The Morgan fingerprint density at radius 3 is 1.22 bits per heavy atom. The van der Waals surface area contributed by atoms with Gasteiger partial charge in [0, 0.05) is 26.2 Å². The molecule has 2 aromatic carbocycles. The first-order chi connectivity index (χ1) is 25.5. The minimum Gasteiger partial charge on any atom is -0.475 e. The van der Waals surface area contributed by atoms with Gasteiger partial charge in [0.1, 0.15) is 11.6 Å². The molecule has 23 heteroatoms. The van der Waals surface area contributed by atoms with Gasteiger partial charge in [-0.15, -0.1) is 10.2 Å². The third-order valence-electron chi connectivity index (χ3n) is 7.12. The summed E-state index contributed by atoms with van der Waals surface area (Å²) in [5.74, 6) is -8.36. The lowest BCUT2D eigenvalue weighted by Crippen LogP contribution is -2.21. The van der Waals surface area contributed by atoms with E-state index in [0.29, 0.717) is 29.3 Å². The number of nitrogens with one attached hydrogen (secondary N) is 2. The van der Waals surface area contributed by atoms with E-state index in [1.165, 1.54) is 12.1 Å². The van der Waals surface area contributed by atoms with E-state index in [1.54, 1.807) is 16.7 Å². The molecule has 2 aliphatic rings. The number of nitrogens with two attached hydrogens (primary N) is 1. The van der Waals surface area contributed by atoms with Gasteiger partial charge in [-0.1, -0.05) is 24.3 Å². The van der Waals surface area contributed by atoms with E-state index in [2.05, 4.69) is 33.0 Å². The smallest absolute Gasteiger partial charge is 0.475 e. The fraction of sp³-hybridized carbons (Fsp3) is 0.344. The van der Waals surface area contributed by atoms with Crippen molar-refractivity contribution in [2.24, 2.45) is 5.73 Å². The Morgan fingerprint density at radius 1 is 0.655 bits per heavy atom. The van der Waals surface area contributed by atoms with Gasteiger partial charge in [-0.2, -0.15) is 39.5 Å². The van der Waals surface area contributed by atoms with Crippen LogP contribution in [0.3, 0.4) is 0 Å². The second-order valence-electron chi connectivity index (χ2n) is 11.0. The van der Waals surface area contributed by atoms with Crippen molar-refractivity contribution in [3.05, 3.63) is 71.3 Å². The summed E-state index contributed by atoms with van der Waals surface area (Å²) in [6, 6.07) is 10.3. The highest BCUT2D eigenvalue weighted by atomic mass is 19.4. The van der Waals surface area contributed by atoms with Crippen LogP contribution in [0.2, 0.25) is 0 Å². The van der Waals surface area contributed by atoms with Gasteiger partial charge in [0.15, 0.2) is 11.6 Å². The summed E-state index contributed by atoms with van der Waals surface area (Å²) < 4.78 is 127. The molecule has 302 valence electrons. The highest BCUT2D eigenvalue weighted by Crippen LogP contribution is 2.32. The molecule has 55 heavy (non-hydrogen) atoms. The van der Waals surface area contributed by atoms with Crippen LogP contribution in [0.5, 0.6) is 0 Å². The summed E-state index contributed by atoms with van der Waals surface area (Å²) in [4.78, 5) is 26.7. The normalized spacial score (nSPS) is 14.4. The molecule has 12 nitrogen and oxygen atoms in total. The van der Waals surface area contributed by atoms with Gasteiger partial charge in [0.05, 0.1) is 11.1 Å². The van der Waals surface area contributed by atoms with Crippen LogP contribution in [0.4, 0.5) is 48.3 Å². The molecule has 0 radical (unpaired) electrons. The largest absolute Gasteiger partial charge is 0.490 e. The maximum absolute atomic E-state index is 15.2. The van der Waals surface area contributed by atoms with Gasteiger partial charge in [-0.05, 0) is 72.5 Å². The number of rotatable bonds is 6. The Balaban J connectivity index is 0.000000408. The molecule has 0 unspecified atom stereocenters. The molecule has 0 aliphatic carbocycles. The van der Waals surface area contributed by atoms with Crippen LogP contribution in [0.1, 0.15) is 24.0 Å². The lowest BCUT2D eigenvalue weighted by Gasteiger charge is -2.16. The van der Waals surface area contributed by atoms with E-state index in [-0.39, 0.29) is 18.2 Å². The molecule has 5 rings (SSSR count). The molecular formula is C32H31F11N6O6. The first-order valence-corrected chi connectivity index (χ1v) is 15.4. The second kappa shape index (κ2) is 19.8. The van der Waals surface area contributed by atoms with Gasteiger partial charge in [0.2, 0.25) is 0 Å². The van der Waals surface area contributed by atoms with Crippen molar-refractivity contribution in [3.8, 4) is 22.8 Å². The summed E-state index contributed by atoms with van der Waals surface area (Å²) in [6.45, 7) is 3.95. The van der Waals surface area contributed by atoms with Gasteiger partial charge in [-0.25, -0.2) is 23.2 Å². The lowest BCUT2D eigenvalue weighted by atomic mass is 9.98. The van der Waals surface area contributed by atoms with Crippen LogP contribution < -0.4 is 16.4 Å². The minimum absolute atomic E-state index is 0.289. The Hall–Kier alpha value is -5.42. The van der Waals surface area contributed by atoms with Crippen molar-refractivity contribution in [2.45, 2.75) is 37.9 Å². The Morgan fingerprint density at radius 2 is 0.982 bits per heavy atom. The summed E-state index contributed by atoms with van der Waals surface area (Å²) in [5, 5.41) is 36.4. The van der Waals surface area contributed by atoms with Crippen LogP contribution in [0, 0.1) is 11.6 Å². The minimum atomic E-state index is -5.08. The predicted octanol–water partition coefficient (Wildman–Crippen LogP) is 5.50. The molecule has 3 heterocycles. The molecule has 1 aromatic heterocycles. The standard InChI is InChI=1S/C26H28F2N6.3C2HF3O2/c27-23-15-19(17-5-10-30-11-6-17)1-3-21(23)25-32-33-26(34(25)14-9-29)22-4-2-20(16-24(22)28)18-7-12-31-13-8-18;3*3-2(4,5)1(6)7/h1-5,7,15-16,30-31H,6,8-14,29H2;3*(H,6,7). The molecule has 0 bridgehead atoms. The number of carboxylic acid groups (broad SMARTS) is 3. The van der Waals surface area contributed by atoms with E-state index >= 15 is 8.78 Å². The zero-order valence-electron chi connectivity index (χ0n) is 27.9. The van der Waals surface area contributed by atoms with Gasteiger partial charge in [0.25, 0.3) is 0 Å². The number of hydrogen-bond donors (Lipinski definition) is 6. The summed E-state index contributed by atoms with van der Waals surface area (Å²) in [6.07, 6.45) is -9.37. The SMILES string of the molecule is NCCn1c(-c2ccc(C3=CCNCC3)cc2F)nnc1-c1ccc(C2=CCNCC2)cc1F.O=C(O)C(F)(F)F.O=C(O)C(F)(F)F.O=C(O)C(F)(F)F. The average molecular weight is 805 g/mol. The van der Waals surface area contributed by atoms with Crippen molar-refractivity contribution in [2.75, 3.05) is 32.7 Å². The van der Waals surface area contributed by atoms with Gasteiger partial charge < -0.3 is 36.3 Å². The molecule has 0 saturated heterocycles. The Labute approximate surface area is 303 Å². The molecule has 3 aromatic rings. The molecule has 0 fully saturated rings. The second-order valence-corrected chi connectivity index (χ2v) is 11.0. The number of aliphatic carboxylic acids is 3. The summed E-state index contributed by atoms with van der Waals surface area (Å²) in [5.41, 5.74) is 10.5. The maximum atomic E-state index is 15.2. The van der Waals surface area contributed by atoms with E-state index in [9.17, 15) is 39.5 Å². The lowest BCUT2D eigenvalue weighted by molar-refractivity contribution is -0.193. The Kier molecular flexibility index (Phi) is 16.4. The van der Waals surface area contributed by atoms with Crippen molar-refractivity contribution >= 4 is 29.1 Å². The first kappa shape index (κ1) is 45.7. The number of carboxylic acids is 3. The molecule has 7 N–H and O–H groups in total. The van der Waals surface area contributed by atoms with Crippen LogP contribution in [-0.4, -0.2) is 99.2 Å². The number of nitrogens with zero attached hydrogens (tertiary/aromatic N) is 3. The third-order valence-corrected chi connectivity index (χ3v) is 7.12. The summed E-state index contributed by atoms with van der Waals surface area (Å²) in [7, 11) is 0. The number of aromatic nitrogens is 3. The van der Waals surface area contributed by atoms with Crippen molar-refractivity contribution < 1.29 is 78.0 Å². The molecular weight excluding hydrogens is 773 g/mol. The molecule has 0 amide bonds. The number of halogens is 11. The average Bonchev–Trinajstić information content (AvgIpc) is 3.51. The van der Waals surface area contributed by atoms with Crippen LogP contribution >= 0.6 is 0 Å². The molecule has 0 saturated carbocycles. The third kappa shape index (κ3) is 14.1. The fourth-order valence-corrected chi connectivity index (χ4v) is 4.60. The van der Waals surface area contributed by atoms with Crippen LogP contribution in [0.25, 0.3) is 33.9 Å². The fourth-order valence-electron chi connectivity index (χ4n) is 4.60. The van der Waals surface area contributed by atoms with Crippen molar-refractivity contribution in [3.63, 3.8) is 0 Å². The highest BCUT2D eigenvalue weighted by Gasteiger charge is 2.39. The Bertz CT molecular complexity index is 1720.